The second-order valence-corrected chi connectivity index (χ2v) is 7.69. The van der Waals surface area contributed by atoms with Crippen LogP contribution in [0.5, 0.6) is 0 Å². The molecular formula is C25H21ClN4O2. The lowest BCUT2D eigenvalue weighted by Gasteiger charge is -2.12. The predicted octanol–water partition coefficient (Wildman–Crippen LogP) is 5.65. The van der Waals surface area contributed by atoms with E-state index in [0.717, 1.165) is 11.4 Å². The zero-order valence-corrected chi connectivity index (χ0v) is 18.4. The predicted molar refractivity (Wildman–Crippen MR) is 127 cm³/mol. The average molecular weight is 445 g/mol. The fraction of sp³-hybridized carbons (Fsp3) is 0.0800. The van der Waals surface area contributed by atoms with E-state index in [1.165, 1.54) is 0 Å². The number of para-hydroxylation sites is 2. The number of hydrogen-bond acceptors (Lipinski definition) is 3. The molecule has 0 atom stereocenters. The molecule has 0 saturated heterocycles. The Labute approximate surface area is 190 Å². The number of rotatable bonds is 5. The fourth-order valence-electron chi connectivity index (χ4n) is 3.41. The topological polar surface area (TPSA) is 76.0 Å². The van der Waals surface area contributed by atoms with Crippen LogP contribution in [0.15, 0.2) is 78.9 Å². The summed E-state index contributed by atoms with van der Waals surface area (Å²) < 4.78 is 1.79. The van der Waals surface area contributed by atoms with E-state index in [1.807, 2.05) is 44.2 Å². The van der Waals surface area contributed by atoms with Crippen molar-refractivity contribution in [1.29, 1.82) is 0 Å². The lowest BCUT2D eigenvalue weighted by molar-refractivity contribution is 0.102. The molecule has 0 bridgehead atoms. The van der Waals surface area contributed by atoms with Crippen molar-refractivity contribution in [3.63, 3.8) is 0 Å². The number of aromatic nitrogens is 2. The van der Waals surface area contributed by atoms with Crippen LogP contribution in [0.1, 0.15) is 32.1 Å². The lowest BCUT2D eigenvalue weighted by Crippen LogP contribution is -2.18. The Morgan fingerprint density at radius 2 is 1.47 bits per heavy atom. The minimum absolute atomic E-state index is 0.328. The molecule has 0 unspecified atom stereocenters. The number of hydrogen-bond donors (Lipinski definition) is 2. The van der Waals surface area contributed by atoms with Crippen molar-refractivity contribution in [2.75, 3.05) is 10.6 Å². The molecule has 0 spiro atoms. The number of nitrogens with zero attached hydrogens (tertiary/aromatic N) is 2. The molecule has 0 saturated carbocycles. The average Bonchev–Trinajstić information content (AvgIpc) is 3.08. The molecule has 0 radical (unpaired) electrons. The van der Waals surface area contributed by atoms with Gasteiger partial charge in [-0.15, -0.1) is 0 Å². The van der Waals surface area contributed by atoms with E-state index in [2.05, 4.69) is 15.7 Å². The van der Waals surface area contributed by atoms with Gasteiger partial charge in [-0.05, 0) is 62.4 Å². The number of aryl methyl sites for hydroxylation is 1. The highest BCUT2D eigenvalue weighted by atomic mass is 35.5. The van der Waals surface area contributed by atoms with E-state index in [9.17, 15) is 9.59 Å². The Morgan fingerprint density at radius 3 is 2.19 bits per heavy atom. The number of nitrogens with one attached hydrogen (secondary N) is 2. The Kier molecular flexibility index (Phi) is 6.05. The largest absolute Gasteiger partial charge is 0.321 e. The highest BCUT2D eigenvalue weighted by Gasteiger charge is 2.19. The summed E-state index contributed by atoms with van der Waals surface area (Å²) in [5.41, 5.74) is 4.26. The molecule has 0 fully saturated rings. The fourth-order valence-corrected chi connectivity index (χ4v) is 3.54. The van der Waals surface area contributed by atoms with Crippen LogP contribution in [-0.2, 0) is 0 Å². The first-order valence-corrected chi connectivity index (χ1v) is 10.4. The molecule has 1 heterocycles. The van der Waals surface area contributed by atoms with Crippen molar-refractivity contribution in [1.82, 2.24) is 9.78 Å². The third-order valence-corrected chi connectivity index (χ3v) is 5.31. The summed E-state index contributed by atoms with van der Waals surface area (Å²) in [5, 5.41) is 10.9. The summed E-state index contributed by atoms with van der Waals surface area (Å²) in [6.07, 6.45) is 0. The van der Waals surface area contributed by atoms with Gasteiger partial charge in [0.15, 0.2) is 0 Å². The third-order valence-electron chi connectivity index (χ3n) is 5.06. The van der Waals surface area contributed by atoms with Crippen molar-refractivity contribution in [3.8, 4) is 5.69 Å². The summed E-state index contributed by atoms with van der Waals surface area (Å²) >= 11 is 5.90. The standard InChI is InChI=1S/C25H21ClN4O2/c1-16-23(17(2)30(29-16)20-8-4-3-5-9-20)28-25(32)21-10-6-7-11-22(21)27-24(31)18-12-14-19(26)15-13-18/h3-15H,1-2H3,(H,27,31)(H,28,32). The Hall–Kier alpha value is -3.90. The second kappa shape index (κ2) is 9.08. The first kappa shape index (κ1) is 21.3. The molecule has 1 aromatic heterocycles. The SMILES string of the molecule is Cc1nn(-c2ccccc2)c(C)c1NC(=O)c1ccccc1NC(=O)c1ccc(Cl)cc1. The number of halogens is 1. The van der Waals surface area contributed by atoms with Gasteiger partial charge in [0.05, 0.1) is 34.0 Å². The van der Waals surface area contributed by atoms with Crippen LogP contribution in [0.25, 0.3) is 5.69 Å². The maximum Gasteiger partial charge on any atom is 0.257 e. The maximum absolute atomic E-state index is 13.1. The van der Waals surface area contributed by atoms with Crippen LogP contribution in [-0.4, -0.2) is 21.6 Å². The van der Waals surface area contributed by atoms with Gasteiger partial charge >= 0.3 is 0 Å². The van der Waals surface area contributed by atoms with Crippen molar-refractivity contribution in [2.24, 2.45) is 0 Å². The van der Waals surface area contributed by atoms with Crippen molar-refractivity contribution >= 4 is 34.8 Å². The van der Waals surface area contributed by atoms with Crippen molar-refractivity contribution in [2.45, 2.75) is 13.8 Å². The first-order valence-electron chi connectivity index (χ1n) is 10.0. The van der Waals surface area contributed by atoms with Gasteiger partial charge in [0, 0.05) is 10.6 Å². The molecular weight excluding hydrogens is 424 g/mol. The van der Waals surface area contributed by atoms with E-state index >= 15 is 0 Å². The van der Waals surface area contributed by atoms with Crippen LogP contribution < -0.4 is 10.6 Å². The second-order valence-electron chi connectivity index (χ2n) is 7.25. The number of anilines is 2. The van der Waals surface area contributed by atoms with E-state index < -0.39 is 0 Å². The molecule has 0 aliphatic rings. The van der Waals surface area contributed by atoms with E-state index in [0.29, 0.717) is 33.2 Å². The molecule has 0 aliphatic carbocycles. The monoisotopic (exact) mass is 444 g/mol. The molecule has 7 heteroatoms. The van der Waals surface area contributed by atoms with Gasteiger partial charge in [0.1, 0.15) is 0 Å². The summed E-state index contributed by atoms with van der Waals surface area (Å²) in [6, 6.07) is 23.1. The smallest absolute Gasteiger partial charge is 0.257 e. The van der Waals surface area contributed by atoms with Gasteiger partial charge in [-0.3, -0.25) is 9.59 Å². The van der Waals surface area contributed by atoms with Crippen LogP contribution in [0, 0.1) is 13.8 Å². The lowest BCUT2D eigenvalue weighted by atomic mass is 10.1. The number of carbonyl (C=O) groups is 2. The first-order chi connectivity index (χ1) is 15.4. The summed E-state index contributed by atoms with van der Waals surface area (Å²) in [5.74, 6) is -0.665. The van der Waals surface area contributed by atoms with Crippen LogP contribution in [0.3, 0.4) is 0 Å². The van der Waals surface area contributed by atoms with E-state index in [-0.39, 0.29) is 11.8 Å². The van der Waals surface area contributed by atoms with Gasteiger partial charge in [-0.1, -0.05) is 41.9 Å². The summed E-state index contributed by atoms with van der Waals surface area (Å²) in [4.78, 5) is 25.8. The molecule has 4 aromatic rings. The maximum atomic E-state index is 13.1. The summed E-state index contributed by atoms with van der Waals surface area (Å²) in [6.45, 7) is 3.74. The number of carbonyl (C=O) groups excluding carboxylic acids is 2. The van der Waals surface area contributed by atoms with E-state index in [1.54, 1.807) is 53.2 Å². The molecule has 32 heavy (non-hydrogen) atoms. The Bertz CT molecular complexity index is 1280. The van der Waals surface area contributed by atoms with Crippen LogP contribution >= 0.6 is 11.6 Å². The van der Waals surface area contributed by atoms with Crippen molar-refractivity contribution in [3.05, 3.63) is 106 Å². The van der Waals surface area contributed by atoms with Gasteiger partial charge in [0.25, 0.3) is 11.8 Å². The highest BCUT2D eigenvalue weighted by Crippen LogP contribution is 2.25. The van der Waals surface area contributed by atoms with Gasteiger partial charge < -0.3 is 10.6 Å². The molecule has 4 rings (SSSR count). The van der Waals surface area contributed by atoms with Crippen LogP contribution in [0.2, 0.25) is 5.02 Å². The summed E-state index contributed by atoms with van der Waals surface area (Å²) in [7, 11) is 0. The van der Waals surface area contributed by atoms with Gasteiger partial charge in [0.2, 0.25) is 0 Å². The molecule has 3 aromatic carbocycles. The zero-order valence-electron chi connectivity index (χ0n) is 17.6. The van der Waals surface area contributed by atoms with Crippen molar-refractivity contribution < 1.29 is 9.59 Å². The minimum atomic E-state index is -0.337. The number of benzene rings is 3. The highest BCUT2D eigenvalue weighted by molar-refractivity contribution is 6.30. The minimum Gasteiger partial charge on any atom is -0.321 e. The normalized spacial score (nSPS) is 10.6. The van der Waals surface area contributed by atoms with Crippen LogP contribution in [0.4, 0.5) is 11.4 Å². The quantitative estimate of drug-likeness (QED) is 0.417. The van der Waals surface area contributed by atoms with E-state index in [4.69, 9.17) is 11.6 Å². The third kappa shape index (κ3) is 4.40. The molecule has 2 N–H and O–H groups in total. The zero-order chi connectivity index (χ0) is 22.7. The number of amides is 2. The van der Waals surface area contributed by atoms with Gasteiger partial charge in [-0.2, -0.15) is 5.10 Å². The molecule has 0 aliphatic heterocycles. The molecule has 6 nitrogen and oxygen atoms in total. The Balaban J connectivity index is 1.58. The molecule has 160 valence electrons. The van der Waals surface area contributed by atoms with Gasteiger partial charge in [-0.25, -0.2) is 4.68 Å². The molecule has 2 amide bonds. The Morgan fingerprint density at radius 1 is 0.812 bits per heavy atom.